The molecule has 0 amide bonds. The lowest BCUT2D eigenvalue weighted by molar-refractivity contribution is 0.160. The summed E-state index contributed by atoms with van der Waals surface area (Å²) < 4.78 is 32.3. The Morgan fingerprint density at radius 3 is 2.40 bits per heavy atom. The van der Waals surface area contributed by atoms with Crippen molar-refractivity contribution in [3.63, 3.8) is 0 Å². The first-order valence-electron chi connectivity index (χ1n) is 7.85. The number of benzene rings is 1. The van der Waals surface area contributed by atoms with Crippen molar-refractivity contribution in [2.75, 3.05) is 40.3 Å². The Bertz CT molecular complexity index is 814. The van der Waals surface area contributed by atoms with Gasteiger partial charge in [0.15, 0.2) is 0 Å². The first-order valence-corrected chi connectivity index (χ1v) is 9.62. The summed E-state index contributed by atoms with van der Waals surface area (Å²) in [6.07, 6.45) is 0. The van der Waals surface area contributed by atoms with Crippen LogP contribution in [0.15, 0.2) is 28.8 Å². The van der Waals surface area contributed by atoms with Crippen LogP contribution in [0.4, 0.5) is 0 Å². The number of halogens is 1. The van der Waals surface area contributed by atoms with Gasteiger partial charge in [0.25, 0.3) is 10.2 Å². The van der Waals surface area contributed by atoms with Crippen LogP contribution in [-0.2, 0) is 16.8 Å². The number of hydrogen-bond acceptors (Lipinski definition) is 6. The third-order valence-electron chi connectivity index (χ3n) is 4.05. The Labute approximate surface area is 152 Å². The highest BCUT2D eigenvalue weighted by Crippen LogP contribution is 2.19. The lowest BCUT2D eigenvalue weighted by atomic mass is 10.2. The summed E-state index contributed by atoms with van der Waals surface area (Å²) in [5.74, 6) is 1.02. The highest BCUT2D eigenvalue weighted by atomic mass is 35.5. The lowest BCUT2D eigenvalue weighted by Gasteiger charge is -2.34. The van der Waals surface area contributed by atoms with Gasteiger partial charge in [-0.15, -0.1) is 0 Å². The Morgan fingerprint density at radius 1 is 1.16 bits per heavy atom. The van der Waals surface area contributed by atoms with E-state index in [1.54, 1.807) is 26.2 Å². The summed E-state index contributed by atoms with van der Waals surface area (Å²) in [7, 11) is -0.274. The van der Waals surface area contributed by atoms with Gasteiger partial charge in [-0.05, 0) is 24.3 Å². The van der Waals surface area contributed by atoms with Crippen LogP contribution in [0.2, 0.25) is 5.02 Å². The topological polar surface area (TPSA) is 82.8 Å². The molecule has 0 aliphatic carbocycles. The van der Waals surface area contributed by atoms with Gasteiger partial charge >= 0.3 is 0 Å². The number of aromatic nitrogens is 2. The van der Waals surface area contributed by atoms with E-state index in [-0.39, 0.29) is 0 Å². The fourth-order valence-electron chi connectivity index (χ4n) is 2.58. The van der Waals surface area contributed by atoms with Crippen molar-refractivity contribution in [3.8, 4) is 11.4 Å². The van der Waals surface area contributed by atoms with Crippen LogP contribution in [0, 0.1) is 0 Å². The van der Waals surface area contributed by atoms with Crippen LogP contribution in [0.25, 0.3) is 11.4 Å². The second-order valence-electron chi connectivity index (χ2n) is 5.98. The molecule has 0 N–H and O–H groups in total. The SMILES string of the molecule is CN(C)S(=O)(=O)N1CCN(Cc2nc(-c3ccc(Cl)cc3)no2)CC1. The largest absolute Gasteiger partial charge is 0.338 e. The summed E-state index contributed by atoms with van der Waals surface area (Å²) in [4.78, 5) is 6.50. The smallest absolute Gasteiger partial charge is 0.281 e. The molecular formula is C15H20ClN5O3S. The average molecular weight is 386 g/mol. The van der Waals surface area contributed by atoms with Gasteiger partial charge in [-0.2, -0.15) is 22.0 Å². The zero-order valence-corrected chi connectivity index (χ0v) is 15.7. The molecule has 1 aromatic carbocycles. The number of piperazine rings is 1. The molecule has 0 bridgehead atoms. The Balaban J connectivity index is 1.59. The van der Waals surface area contributed by atoms with Crippen LogP contribution in [0.1, 0.15) is 5.89 Å². The molecule has 3 rings (SSSR count). The molecule has 1 saturated heterocycles. The fraction of sp³-hybridized carbons (Fsp3) is 0.467. The summed E-state index contributed by atoms with van der Waals surface area (Å²) in [5, 5.41) is 4.64. The van der Waals surface area contributed by atoms with E-state index in [9.17, 15) is 8.42 Å². The van der Waals surface area contributed by atoms with Crippen molar-refractivity contribution in [1.29, 1.82) is 0 Å². The number of nitrogens with zero attached hydrogens (tertiary/aromatic N) is 5. The quantitative estimate of drug-likeness (QED) is 0.771. The molecule has 10 heteroatoms. The maximum atomic E-state index is 12.1. The normalized spacial score (nSPS) is 17.3. The maximum absolute atomic E-state index is 12.1. The van der Waals surface area contributed by atoms with Gasteiger partial charge in [-0.25, -0.2) is 0 Å². The van der Waals surface area contributed by atoms with Gasteiger partial charge in [0, 0.05) is 50.9 Å². The van der Waals surface area contributed by atoms with Crippen molar-refractivity contribution < 1.29 is 12.9 Å². The van der Waals surface area contributed by atoms with E-state index in [1.165, 1.54) is 8.61 Å². The van der Waals surface area contributed by atoms with Crippen molar-refractivity contribution >= 4 is 21.8 Å². The van der Waals surface area contributed by atoms with Gasteiger partial charge in [0.2, 0.25) is 11.7 Å². The predicted octanol–water partition coefficient (Wildman–Crippen LogP) is 1.31. The summed E-state index contributed by atoms with van der Waals surface area (Å²) >= 11 is 5.88. The first-order chi connectivity index (χ1) is 11.9. The van der Waals surface area contributed by atoms with Gasteiger partial charge < -0.3 is 4.52 Å². The molecule has 0 spiro atoms. The molecule has 1 aliphatic rings. The van der Waals surface area contributed by atoms with E-state index < -0.39 is 10.2 Å². The Hall–Kier alpha value is -1.52. The highest BCUT2D eigenvalue weighted by molar-refractivity contribution is 7.86. The molecule has 8 nitrogen and oxygen atoms in total. The van der Waals surface area contributed by atoms with Crippen molar-refractivity contribution in [3.05, 3.63) is 35.2 Å². The predicted molar refractivity (Wildman–Crippen MR) is 94.2 cm³/mol. The molecule has 25 heavy (non-hydrogen) atoms. The summed E-state index contributed by atoms with van der Waals surface area (Å²) in [6.45, 7) is 2.62. The van der Waals surface area contributed by atoms with Crippen LogP contribution in [0.3, 0.4) is 0 Å². The van der Waals surface area contributed by atoms with Crippen LogP contribution >= 0.6 is 11.6 Å². The molecule has 1 fully saturated rings. The average Bonchev–Trinajstić information content (AvgIpc) is 3.04. The van der Waals surface area contributed by atoms with Gasteiger partial charge in [-0.3, -0.25) is 4.90 Å². The highest BCUT2D eigenvalue weighted by Gasteiger charge is 2.29. The zero-order valence-electron chi connectivity index (χ0n) is 14.1. The molecule has 0 atom stereocenters. The van der Waals surface area contributed by atoms with E-state index in [0.717, 1.165) is 5.56 Å². The van der Waals surface area contributed by atoms with Crippen molar-refractivity contribution in [2.45, 2.75) is 6.54 Å². The number of rotatable bonds is 5. The third kappa shape index (κ3) is 4.18. The van der Waals surface area contributed by atoms with Crippen molar-refractivity contribution in [2.24, 2.45) is 0 Å². The second-order valence-corrected chi connectivity index (χ2v) is 8.56. The lowest BCUT2D eigenvalue weighted by Crippen LogP contribution is -2.51. The molecule has 1 aromatic heterocycles. The minimum atomic E-state index is -3.35. The summed E-state index contributed by atoms with van der Waals surface area (Å²) in [5.41, 5.74) is 0.835. The van der Waals surface area contributed by atoms with E-state index in [4.69, 9.17) is 16.1 Å². The molecule has 0 saturated carbocycles. The molecule has 0 radical (unpaired) electrons. The minimum absolute atomic E-state index is 0.443. The molecule has 0 unspecified atom stereocenters. The minimum Gasteiger partial charge on any atom is -0.338 e. The molecule has 1 aliphatic heterocycles. The van der Waals surface area contributed by atoms with Crippen LogP contribution in [0.5, 0.6) is 0 Å². The standard InChI is InChI=1S/C15H20ClN5O3S/c1-19(2)25(22,23)21-9-7-20(8-10-21)11-14-17-15(18-24-14)12-3-5-13(16)6-4-12/h3-6H,7-11H2,1-2H3. The van der Waals surface area contributed by atoms with E-state index in [1.807, 2.05) is 12.1 Å². The van der Waals surface area contributed by atoms with Crippen LogP contribution < -0.4 is 0 Å². The van der Waals surface area contributed by atoms with Crippen LogP contribution in [-0.4, -0.2) is 72.3 Å². The maximum Gasteiger partial charge on any atom is 0.281 e. The van der Waals surface area contributed by atoms with E-state index >= 15 is 0 Å². The second kappa shape index (κ2) is 7.38. The van der Waals surface area contributed by atoms with E-state index in [0.29, 0.717) is 49.5 Å². The molecule has 2 aromatic rings. The zero-order chi connectivity index (χ0) is 18.0. The number of hydrogen-bond donors (Lipinski definition) is 0. The van der Waals surface area contributed by atoms with Crippen molar-refractivity contribution in [1.82, 2.24) is 23.7 Å². The molecule has 136 valence electrons. The fourth-order valence-corrected chi connectivity index (χ4v) is 3.79. The van der Waals surface area contributed by atoms with E-state index in [2.05, 4.69) is 15.0 Å². The monoisotopic (exact) mass is 385 g/mol. The molecule has 2 heterocycles. The summed E-state index contributed by atoms with van der Waals surface area (Å²) in [6, 6.07) is 7.22. The Morgan fingerprint density at radius 2 is 1.80 bits per heavy atom. The van der Waals surface area contributed by atoms with Gasteiger partial charge in [-0.1, -0.05) is 16.8 Å². The third-order valence-corrected chi connectivity index (χ3v) is 6.24. The van der Waals surface area contributed by atoms with Gasteiger partial charge in [0.05, 0.1) is 6.54 Å². The first kappa shape index (κ1) is 18.3. The molecular weight excluding hydrogens is 366 g/mol. The Kier molecular flexibility index (Phi) is 5.40. The van der Waals surface area contributed by atoms with Gasteiger partial charge in [0.1, 0.15) is 0 Å².